The number of nitrogens with two attached hydrogens (primary N) is 1. The van der Waals surface area contributed by atoms with Gasteiger partial charge in [-0.25, -0.2) is 9.97 Å². The summed E-state index contributed by atoms with van der Waals surface area (Å²) in [5.74, 6) is 1.52. The minimum Gasteiger partial charge on any atom is -0.480 e. The molecule has 3 aromatic rings. The van der Waals surface area contributed by atoms with Gasteiger partial charge in [0.15, 0.2) is 11.4 Å². The third-order valence-corrected chi connectivity index (χ3v) is 4.21. The van der Waals surface area contributed by atoms with Crippen molar-refractivity contribution in [3.8, 4) is 5.88 Å². The van der Waals surface area contributed by atoms with Crippen molar-refractivity contribution < 1.29 is 14.3 Å². The van der Waals surface area contributed by atoms with Gasteiger partial charge in [0.1, 0.15) is 17.3 Å². The van der Waals surface area contributed by atoms with Crippen molar-refractivity contribution in [1.82, 2.24) is 19.6 Å². The van der Waals surface area contributed by atoms with Gasteiger partial charge >= 0.3 is 0 Å². The smallest absolute Gasteiger partial charge is 0.237 e. The fraction of sp³-hybridized carbons (Fsp3) is 0.294. The molecule has 0 saturated carbocycles. The summed E-state index contributed by atoms with van der Waals surface area (Å²) in [7, 11) is 1.54. The number of hydrogen-bond acceptors (Lipinski definition) is 8. The second-order valence-corrected chi connectivity index (χ2v) is 6.08. The van der Waals surface area contributed by atoms with Crippen molar-refractivity contribution in [1.29, 1.82) is 0 Å². The summed E-state index contributed by atoms with van der Waals surface area (Å²) in [6.45, 7) is 1.24. The van der Waals surface area contributed by atoms with E-state index >= 15 is 0 Å². The average Bonchev–Trinajstić information content (AvgIpc) is 3.03. The maximum atomic E-state index is 12.6. The van der Waals surface area contributed by atoms with E-state index in [9.17, 15) is 4.79 Å². The Bertz CT molecular complexity index is 966. The molecule has 0 aliphatic carbocycles. The number of nitrogens with zero attached hydrogens (tertiary/aromatic N) is 4. The number of Topliss-reactive ketones (excluding diaryl/α,β-unsaturated/α-hetero) is 1. The number of hydrogen-bond donors (Lipinski definition) is 2. The van der Waals surface area contributed by atoms with Gasteiger partial charge in [0.25, 0.3) is 0 Å². The fourth-order valence-electron chi connectivity index (χ4n) is 2.81. The number of pyridine rings is 1. The Hall–Kier alpha value is -3.20. The zero-order valence-corrected chi connectivity index (χ0v) is 14.2. The van der Waals surface area contributed by atoms with Gasteiger partial charge in [-0.2, -0.15) is 9.61 Å². The number of fused-ring (bicyclic) bond motifs is 1. The molecule has 0 aromatic carbocycles. The lowest BCUT2D eigenvalue weighted by Gasteiger charge is -2.24. The lowest BCUT2D eigenvalue weighted by atomic mass is 9.98. The third-order valence-electron chi connectivity index (χ3n) is 4.21. The highest BCUT2D eigenvalue weighted by Crippen LogP contribution is 2.26. The maximum absolute atomic E-state index is 12.6. The van der Waals surface area contributed by atoms with E-state index in [-0.39, 0.29) is 11.7 Å². The molecule has 3 N–H and O–H groups in total. The maximum Gasteiger partial charge on any atom is 0.237 e. The molecule has 4 rings (SSSR count). The molecule has 0 atom stereocenters. The van der Waals surface area contributed by atoms with E-state index < -0.39 is 0 Å². The number of carbonyl (C=O) groups excluding carboxylic acids is 1. The van der Waals surface area contributed by atoms with Gasteiger partial charge in [-0.15, -0.1) is 0 Å². The predicted molar refractivity (Wildman–Crippen MR) is 94.7 cm³/mol. The van der Waals surface area contributed by atoms with Crippen LogP contribution >= 0.6 is 0 Å². The van der Waals surface area contributed by atoms with Gasteiger partial charge in [-0.05, 0) is 12.1 Å². The first-order valence-corrected chi connectivity index (χ1v) is 8.17. The van der Waals surface area contributed by atoms with Gasteiger partial charge in [0, 0.05) is 24.6 Å². The molecule has 0 radical (unpaired) electrons. The van der Waals surface area contributed by atoms with Crippen molar-refractivity contribution in [2.45, 2.75) is 6.42 Å². The fourth-order valence-corrected chi connectivity index (χ4v) is 2.81. The molecule has 9 heteroatoms. The van der Waals surface area contributed by atoms with E-state index in [2.05, 4.69) is 20.4 Å². The minimum absolute atomic E-state index is 0.0173. The van der Waals surface area contributed by atoms with Crippen LogP contribution in [0.5, 0.6) is 5.88 Å². The molecule has 1 aliphatic heterocycles. The second kappa shape index (κ2) is 6.60. The van der Waals surface area contributed by atoms with Gasteiger partial charge in [0.2, 0.25) is 5.88 Å². The molecular formula is C17H18N6O3. The van der Waals surface area contributed by atoms with E-state index in [1.54, 1.807) is 18.3 Å². The summed E-state index contributed by atoms with van der Waals surface area (Å²) in [5, 5.41) is 7.31. The van der Waals surface area contributed by atoms with Gasteiger partial charge in [0.05, 0.1) is 32.1 Å². The highest BCUT2D eigenvalue weighted by molar-refractivity contribution is 6.01. The molecule has 1 saturated heterocycles. The molecule has 0 amide bonds. The van der Waals surface area contributed by atoms with Crippen LogP contribution in [0, 0.1) is 5.92 Å². The number of anilines is 3. The quantitative estimate of drug-likeness (QED) is 0.642. The molecule has 9 nitrogen and oxygen atoms in total. The van der Waals surface area contributed by atoms with Crippen LogP contribution < -0.4 is 15.8 Å². The zero-order chi connectivity index (χ0) is 18.1. The van der Waals surface area contributed by atoms with Crippen molar-refractivity contribution in [2.24, 2.45) is 5.92 Å². The summed E-state index contributed by atoms with van der Waals surface area (Å²) < 4.78 is 11.8. The number of methoxy groups -OCH3 is 1. The van der Waals surface area contributed by atoms with Crippen LogP contribution in [0.15, 0.2) is 30.6 Å². The molecule has 134 valence electrons. The Morgan fingerprint density at radius 2 is 2.35 bits per heavy atom. The number of ketones is 1. The second-order valence-electron chi connectivity index (χ2n) is 6.08. The summed E-state index contributed by atoms with van der Waals surface area (Å²) in [5.41, 5.74) is 7.59. The summed E-state index contributed by atoms with van der Waals surface area (Å²) in [4.78, 5) is 21.2. The van der Waals surface area contributed by atoms with Crippen LogP contribution in [0.4, 0.5) is 17.3 Å². The number of carbonyl (C=O) groups is 1. The van der Waals surface area contributed by atoms with E-state index in [4.69, 9.17) is 15.2 Å². The summed E-state index contributed by atoms with van der Waals surface area (Å²) in [6.07, 6.45) is 3.55. The Labute approximate surface area is 149 Å². The molecular weight excluding hydrogens is 336 g/mol. The Morgan fingerprint density at radius 1 is 1.50 bits per heavy atom. The number of nitrogen functional groups attached to an aromatic ring is 1. The molecule has 0 bridgehead atoms. The normalized spacial score (nSPS) is 14.2. The molecule has 1 aliphatic rings. The van der Waals surface area contributed by atoms with Gasteiger partial charge in [-0.3, -0.25) is 4.79 Å². The lowest BCUT2D eigenvalue weighted by molar-refractivity contribution is -0.0321. The van der Waals surface area contributed by atoms with Crippen molar-refractivity contribution in [2.75, 3.05) is 31.4 Å². The predicted octanol–water partition coefficient (Wildman–Crippen LogP) is 1.68. The standard InChI is InChI=1S/C17H18N6O3/c1-25-17-12(3-2-4-19-17)21-15-6-14(18)23-16(22-15)11(7-20-23)13(24)5-10-8-26-9-10/h2-4,6-7,10H,5,8-9,18H2,1H3,(H,21,22). The molecule has 0 spiro atoms. The third kappa shape index (κ3) is 2.93. The zero-order valence-electron chi connectivity index (χ0n) is 14.2. The molecule has 3 aromatic heterocycles. The first kappa shape index (κ1) is 16.3. The molecule has 1 fully saturated rings. The Kier molecular flexibility index (Phi) is 4.13. The first-order valence-electron chi connectivity index (χ1n) is 8.17. The molecule has 4 heterocycles. The van der Waals surface area contributed by atoms with E-state index in [1.807, 2.05) is 6.07 Å². The monoisotopic (exact) mass is 354 g/mol. The van der Waals surface area contributed by atoms with Crippen LogP contribution in [-0.4, -0.2) is 45.7 Å². The topological polar surface area (TPSA) is 117 Å². The van der Waals surface area contributed by atoms with Crippen molar-refractivity contribution >= 4 is 28.8 Å². The number of ether oxygens (including phenoxy) is 2. The van der Waals surface area contributed by atoms with Gasteiger partial charge < -0.3 is 20.5 Å². The van der Waals surface area contributed by atoms with Crippen LogP contribution in [0.3, 0.4) is 0 Å². The van der Waals surface area contributed by atoms with Crippen LogP contribution in [-0.2, 0) is 4.74 Å². The van der Waals surface area contributed by atoms with E-state index in [0.717, 1.165) is 0 Å². The van der Waals surface area contributed by atoms with E-state index in [1.165, 1.54) is 17.8 Å². The number of aromatic nitrogens is 4. The van der Waals surface area contributed by atoms with Crippen LogP contribution in [0.1, 0.15) is 16.8 Å². The number of nitrogens with one attached hydrogen (secondary N) is 1. The number of rotatable bonds is 6. The van der Waals surface area contributed by atoms with Crippen molar-refractivity contribution in [3.05, 3.63) is 36.2 Å². The van der Waals surface area contributed by atoms with Crippen LogP contribution in [0.2, 0.25) is 0 Å². The summed E-state index contributed by atoms with van der Waals surface area (Å²) in [6, 6.07) is 5.23. The molecule has 0 unspecified atom stereocenters. The molecule has 26 heavy (non-hydrogen) atoms. The highest BCUT2D eigenvalue weighted by Gasteiger charge is 2.25. The highest BCUT2D eigenvalue weighted by atomic mass is 16.5. The SMILES string of the molecule is COc1ncccc1Nc1cc(N)n2ncc(C(=O)CC3COC3)c2n1. The Balaban J connectivity index is 1.68. The first-order chi connectivity index (χ1) is 12.7. The minimum atomic E-state index is -0.0173. The van der Waals surface area contributed by atoms with Crippen molar-refractivity contribution in [3.63, 3.8) is 0 Å². The van der Waals surface area contributed by atoms with Crippen LogP contribution in [0.25, 0.3) is 5.65 Å². The lowest BCUT2D eigenvalue weighted by Crippen LogP contribution is -2.29. The Morgan fingerprint density at radius 3 is 3.08 bits per heavy atom. The largest absolute Gasteiger partial charge is 0.480 e. The average molecular weight is 354 g/mol. The summed E-state index contributed by atoms with van der Waals surface area (Å²) >= 11 is 0. The van der Waals surface area contributed by atoms with E-state index in [0.29, 0.717) is 54.0 Å². The van der Waals surface area contributed by atoms with Gasteiger partial charge in [-0.1, -0.05) is 0 Å².